The highest BCUT2D eigenvalue weighted by molar-refractivity contribution is 7.10. The Labute approximate surface area is 105 Å². The fraction of sp³-hybridized carbons (Fsp3) is 0.545. The fourth-order valence-electron chi connectivity index (χ4n) is 1.39. The highest BCUT2D eigenvalue weighted by Gasteiger charge is 2.15. The van der Waals surface area contributed by atoms with Crippen molar-refractivity contribution in [1.82, 2.24) is 9.69 Å². The average Bonchev–Trinajstić information content (AvgIpc) is 2.65. The van der Waals surface area contributed by atoms with Crippen molar-refractivity contribution in [3.05, 3.63) is 11.3 Å². The van der Waals surface area contributed by atoms with Gasteiger partial charge in [0.1, 0.15) is 5.00 Å². The van der Waals surface area contributed by atoms with Crippen LogP contribution in [0.2, 0.25) is 0 Å². The Balaban J connectivity index is 2.58. The Hall–Kier alpha value is -1.43. The van der Waals surface area contributed by atoms with Gasteiger partial charge in [0, 0.05) is 6.54 Å². The lowest BCUT2D eigenvalue weighted by Crippen LogP contribution is -2.30. The number of nitrogens with zero attached hydrogens (tertiary/aromatic N) is 1. The standard InChI is InChI=1S/C11H17N3O2S/c1-4-5-12-9(16)6-13-11-10(8(3)15)7(2)14-17-11/h13H,4-6H2,1-3H3,(H,12,16). The molecule has 0 fully saturated rings. The normalized spacial score (nSPS) is 10.1. The van der Waals surface area contributed by atoms with E-state index in [2.05, 4.69) is 15.0 Å². The van der Waals surface area contributed by atoms with Crippen molar-refractivity contribution in [2.45, 2.75) is 27.2 Å². The molecule has 2 N–H and O–H groups in total. The van der Waals surface area contributed by atoms with Gasteiger partial charge in [0.15, 0.2) is 5.78 Å². The number of rotatable bonds is 6. The molecule has 0 unspecified atom stereocenters. The zero-order valence-corrected chi connectivity index (χ0v) is 11.1. The van der Waals surface area contributed by atoms with E-state index in [1.165, 1.54) is 18.5 Å². The third-order valence-corrected chi connectivity index (χ3v) is 3.09. The second-order valence-electron chi connectivity index (χ2n) is 3.73. The van der Waals surface area contributed by atoms with Crippen LogP contribution in [0, 0.1) is 6.92 Å². The number of carbonyl (C=O) groups is 2. The van der Waals surface area contributed by atoms with E-state index in [0.29, 0.717) is 22.8 Å². The molecule has 17 heavy (non-hydrogen) atoms. The second kappa shape index (κ2) is 6.34. The van der Waals surface area contributed by atoms with Gasteiger partial charge in [0.2, 0.25) is 5.91 Å². The van der Waals surface area contributed by atoms with E-state index < -0.39 is 0 Å². The molecule has 0 aliphatic rings. The Morgan fingerprint density at radius 2 is 2.12 bits per heavy atom. The molecule has 0 spiro atoms. The van der Waals surface area contributed by atoms with E-state index in [4.69, 9.17) is 0 Å². The Bertz CT molecular complexity index is 415. The van der Waals surface area contributed by atoms with Gasteiger partial charge < -0.3 is 10.6 Å². The first-order valence-electron chi connectivity index (χ1n) is 5.54. The molecule has 1 amide bonds. The van der Waals surface area contributed by atoms with Crippen molar-refractivity contribution in [3.8, 4) is 0 Å². The van der Waals surface area contributed by atoms with Gasteiger partial charge in [-0.15, -0.1) is 0 Å². The third kappa shape index (κ3) is 3.81. The summed E-state index contributed by atoms with van der Waals surface area (Å²) in [6, 6.07) is 0. The van der Waals surface area contributed by atoms with Crippen LogP contribution in [-0.4, -0.2) is 29.2 Å². The van der Waals surface area contributed by atoms with Crippen LogP contribution in [0.4, 0.5) is 5.00 Å². The molecule has 0 aromatic carbocycles. The fourth-order valence-corrected chi connectivity index (χ4v) is 2.23. The summed E-state index contributed by atoms with van der Waals surface area (Å²) >= 11 is 1.21. The van der Waals surface area contributed by atoms with Crippen molar-refractivity contribution in [2.75, 3.05) is 18.4 Å². The Morgan fingerprint density at radius 3 is 2.71 bits per heavy atom. The molecule has 1 aromatic heterocycles. The highest BCUT2D eigenvalue weighted by atomic mass is 32.1. The minimum absolute atomic E-state index is 0.0345. The van der Waals surface area contributed by atoms with Crippen LogP contribution in [0.15, 0.2) is 0 Å². The first-order chi connectivity index (χ1) is 8.06. The van der Waals surface area contributed by atoms with Crippen molar-refractivity contribution in [2.24, 2.45) is 0 Å². The van der Waals surface area contributed by atoms with E-state index in [0.717, 1.165) is 6.42 Å². The molecule has 0 aliphatic heterocycles. The van der Waals surface area contributed by atoms with E-state index in [1.807, 2.05) is 6.92 Å². The summed E-state index contributed by atoms with van der Waals surface area (Å²) in [5, 5.41) is 6.37. The van der Waals surface area contributed by atoms with Gasteiger partial charge in [0.05, 0.1) is 17.8 Å². The van der Waals surface area contributed by atoms with Crippen molar-refractivity contribution < 1.29 is 9.59 Å². The number of aromatic nitrogens is 1. The largest absolute Gasteiger partial charge is 0.366 e. The predicted octanol–water partition coefficient (Wildman–Crippen LogP) is 1.59. The van der Waals surface area contributed by atoms with Crippen LogP contribution in [0.25, 0.3) is 0 Å². The van der Waals surface area contributed by atoms with E-state index in [-0.39, 0.29) is 18.2 Å². The van der Waals surface area contributed by atoms with Gasteiger partial charge >= 0.3 is 0 Å². The molecule has 1 aromatic rings. The lowest BCUT2D eigenvalue weighted by atomic mass is 10.2. The molecule has 0 saturated carbocycles. The van der Waals surface area contributed by atoms with Gasteiger partial charge in [-0.25, -0.2) is 0 Å². The molecule has 5 nitrogen and oxygen atoms in total. The zero-order chi connectivity index (χ0) is 12.8. The maximum Gasteiger partial charge on any atom is 0.239 e. The maximum absolute atomic E-state index is 11.4. The quantitative estimate of drug-likeness (QED) is 0.757. The smallest absolute Gasteiger partial charge is 0.239 e. The molecule has 1 heterocycles. The SMILES string of the molecule is CCCNC(=O)CNc1snc(C)c1C(C)=O. The summed E-state index contributed by atoms with van der Waals surface area (Å²) in [6.45, 7) is 6.12. The van der Waals surface area contributed by atoms with Crippen molar-refractivity contribution in [3.63, 3.8) is 0 Å². The molecule has 0 aliphatic carbocycles. The molecular weight excluding hydrogens is 238 g/mol. The molecule has 0 radical (unpaired) electrons. The van der Waals surface area contributed by atoms with Gasteiger partial charge in [-0.3, -0.25) is 9.59 Å². The number of ketones is 1. The zero-order valence-electron chi connectivity index (χ0n) is 10.3. The van der Waals surface area contributed by atoms with E-state index in [9.17, 15) is 9.59 Å². The summed E-state index contributed by atoms with van der Waals surface area (Å²) in [7, 11) is 0. The minimum Gasteiger partial charge on any atom is -0.366 e. The average molecular weight is 255 g/mol. The van der Waals surface area contributed by atoms with Crippen LogP contribution >= 0.6 is 11.5 Å². The summed E-state index contributed by atoms with van der Waals surface area (Å²) < 4.78 is 4.10. The number of nitrogens with one attached hydrogen (secondary N) is 2. The first kappa shape index (κ1) is 13.6. The molecule has 0 atom stereocenters. The Morgan fingerprint density at radius 1 is 1.41 bits per heavy atom. The summed E-state index contributed by atoms with van der Waals surface area (Å²) in [5.74, 6) is -0.111. The van der Waals surface area contributed by atoms with Crippen molar-refractivity contribution in [1.29, 1.82) is 0 Å². The van der Waals surface area contributed by atoms with Gasteiger partial charge in [-0.05, 0) is 31.8 Å². The molecule has 6 heteroatoms. The number of hydrogen-bond acceptors (Lipinski definition) is 5. The number of aryl methyl sites for hydroxylation is 1. The topological polar surface area (TPSA) is 71.1 Å². The van der Waals surface area contributed by atoms with Crippen LogP contribution in [-0.2, 0) is 4.79 Å². The summed E-state index contributed by atoms with van der Waals surface area (Å²) in [4.78, 5) is 22.8. The van der Waals surface area contributed by atoms with Crippen LogP contribution < -0.4 is 10.6 Å². The summed E-state index contributed by atoms with van der Waals surface area (Å²) in [6.07, 6.45) is 0.907. The maximum atomic E-state index is 11.4. The highest BCUT2D eigenvalue weighted by Crippen LogP contribution is 2.24. The van der Waals surface area contributed by atoms with Gasteiger partial charge in [0.25, 0.3) is 0 Å². The van der Waals surface area contributed by atoms with E-state index in [1.54, 1.807) is 6.92 Å². The van der Waals surface area contributed by atoms with Gasteiger partial charge in [-0.2, -0.15) is 4.37 Å². The van der Waals surface area contributed by atoms with Crippen LogP contribution in [0.3, 0.4) is 0 Å². The second-order valence-corrected chi connectivity index (χ2v) is 4.51. The lowest BCUT2D eigenvalue weighted by molar-refractivity contribution is -0.119. The van der Waals surface area contributed by atoms with E-state index >= 15 is 0 Å². The van der Waals surface area contributed by atoms with Crippen LogP contribution in [0.1, 0.15) is 36.3 Å². The number of carbonyl (C=O) groups excluding carboxylic acids is 2. The number of hydrogen-bond donors (Lipinski definition) is 2. The van der Waals surface area contributed by atoms with Gasteiger partial charge in [-0.1, -0.05) is 6.92 Å². The predicted molar refractivity (Wildman–Crippen MR) is 68.6 cm³/mol. The molecule has 0 saturated heterocycles. The summed E-state index contributed by atoms with van der Waals surface area (Å²) in [5.41, 5.74) is 1.29. The molecular formula is C11H17N3O2S. The minimum atomic E-state index is -0.0765. The third-order valence-electron chi connectivity index (χ3n) is 2.20. The lowest BCUT2D eigenvalue weighted by Gasteiger charge is -2.06. The number of anilines is 1. The first-order valence-corrected chi connectivity index (χ1v) is 6.31. The molecule has 1 rings (SSSR count). The molecule has 94 valence electrons. The molecule has 0 bridgehead atoms. The van der Waals surface area contributed by atoms with Crippen molar-refractivity contribution >= 4 is 28.2 Å². The number of Topliss-reactive ketones (excluding diaryl/α,β-unsaturated/α-hetero) is 1. The van der Waals surface area contributed by atoms with Crippen LogP contribution in [0.5, 0.6) is 0 Å². The monoisotopic (exact) mass is 255 g/mol. The number of amides is 1. The Kier molecular flexibility index (Phi) is 5.09.